The lowest BCUT2D eigenvalue weighted by atomic mass is 10.0. The zero-order valence-electron chi connectivity index (χ0n) is 12.9. The van der Waals surface area contributed by atoms with Crippen molar-refractivity contribution >= 4 is 11.7 Å². The van der Waals surface area contributed by atoms with Gasteiger partial charge in [-0.3, -0.25) is 0 Å². The highest BCUT2D eigenvalue weighted by Crippen LogP contribution is 2.29. The fourth-order valence-corrected chi connectivity index (χ4v) is 2.28. The molecule has 2 aromatic rings. The highest BCUT2D eigenvalue weighted by atomic mass is 19.2. The molecule has 4 heteroatoms. The summed E-state index contributed by atoms with van der Waals surface area (Å²) in [7, 11) is 0. The molecule has 0 aliphatic carbocycles. The van der Waals surface area contributed by atoms with E-state index in [1.807, 2.05) is 0 Å². The Morgan fingerprint density at radius 3 is 2.00 bits per heavy atom. The van der Waals surface area contributed by atoms with E-state index >= 15 is 0 Å². The third-order valence-corrected chi connectivity index (χ3v) is 3.64. The number of hydrogen-bond donors (Lipinski definition) is 0. The topological polar surface area (TPSA) is 0 Å². The molecule has 0 amide bonds. The molecule has 0 aliphatic heterocycles. The quantitative estimate of drug-likeness (QED) is 0.325. The first-order valence-electron chi connectivity index (χ1n) is 7.63. The fourth-order valence-electron chi connectivity index (χ4n) is 2.28. The minimum atomic E-state index is -1.21. The summed E-state index contributed by atoms with van der Waals surface area (Å²) in [6, 6.07) is 8.92. The summed E-state index contributed by atoms with van der Waals surface area (Å²) in [4.78, 5) is 0. The molecule has 0 saturated heterocycles. The lowest BCUT2D eigenvalue weighted by Crippen LogP contribution is -1.90. The fraction of sp³-hybridized carbons (Fsp3) is 0.263. The smallest absolute Gasteiger partial charge is 0.166 e. The number of benzene rings is 2. The molecule has 0 saturated carbocycles. The van der Waals surface area contributed by atoms with Crippen LogP contribution in [0.4, 0.5) is 17.6 Å². The summed E-state index contributed by atoms with van der Waals surface area (Å²) in [6.07, 6.45) is 4.19. The van der Waals surface area contributed by atoms with Crippen molar-refractivity contribution in [2.75, 3.05) is 0 Å². The molecule has 0 aromatic heterocycles. The van der Waals surface area contributed by atoms with Gasteiger partial charge in [0.15, 0.2) is 23.3 Å². The van der Waals surface area contributed by atoms with Gasteiger partial charge in [-0.1, -0.05) is 44.0 Å². The van der Waals surface area contributed by atoms with E-state index in [0.29, 0.717) is 6.07 Å². The monoisotopic (exact) mass is 322 g/mol. The average molecular weight is 322 g/mol. The molecule has 2 rings (SSSR count). The molecular weight excluding hydrogens is 304 g/mol. The van der Waals surface area contributed by atoms with Crippen molar-refractivity contribution in [2.45, 2.75) is 32.6 Å². The normalized spacial score (nSPS) is 12.2. The van der Waals surface area contributed by atoms with Crippen molar-refractivity contribution < 1.29 is 17.6 Å². The Morgan fingerprint density at radius 2 is 1.39 bits per heavy atom. The van der Waals surface area contributed by atoms with Crippen molar-refractivity contribution in [3.63, 3.8) is 0 Å². The van der Waals surface area contributed by atoms with Gasteiger partial charge in [-0.2, -0.15) is 0 Å². The Labute approximate surface area is 133 Å². The Balaban J connectivity index is 2.20. The average Bonchev–Trinajstić information content (AvgIpc) is 2.57. The molecule has 122 valence electrons. The van der Waals surface area contributed by atoms with Gasteiger partial charge < -0.3 is 0 Å². The van der Waals surface area contributed by atoms with Crippen LogP contribution in [0.5, 0.6) is 0 Å². The highest BCUT2D eigenvalue weighted by Gasteiger charge is 2.13. The van der Waals surface area contributed by atoms with E-state index in [9.17, 15) is 17.6 Å². The van der Waals surface area contributed by atoms with E-state index in [2.05, 4.69) is 6.92 Å². The van der Waals surface area contributed by atoms with Gasteiger partial charge in [0.1, 0.15) is 0 Å². The van der Waals surface area contributed by atoms with Gasteiger partial charge in [0, 0.05) is 11.1 Å². The maximum Gasteiger partial charge on any atom is 0.166 e. The van der Waals surface area contributed by atoms with E-state index in [-0.39, 0.29) is 11.1 Å². The van der Waals surface area contributed by atoms with Crippen LogP contribution in [-0.2, 0) is 6.42 Å². The van der Waals surface area contributed by atoms with Gasteiger partial charge in [-0.05, 0) is 36.6 Å². The third-order valence-electron chi connectivity index (χ3n) is 3.64. The molecule has 0 spiro atoms. The standard InChI is InChI=1S/C19H18F4/c1-2-3-4-5-13-6-8-14(9-7-13)18(22)19(23)15-10-11-16(20)17(21)12-15/h6-12H,2-5H2,1H3. The molecule has 2 aromatic carbocycles. The van der Waals surface area contributed by atoms with Crippen molar-refractivity contribution in [3.8, 4) is 0 Å². The summed E-state index contributed by atoms with van der Waals surface area (Å²) >= 11 is 0. The zero-order valence-corrected chi connectivity index (χ0v) is 12.9. The van der Waals surface area contributed by atoms with E-state index in [0.717, 1.165) is 43.4 Å². The number of unbranched alkanes of at least 4 members (excludes halogenated alkanes) is 2. The van der Waals surface area contributed by atoms with Gasteiger partial charge >= 0.3 is 0 Å². The second kappa shape index (κ2) is 7.95. The van der Waals surface area contributed by atoms with Crippen LogP contribution in [0.25, 0.3) is 11.7 Å². The molecule has 0 fully saturated rings. The van der Waals surface area contributed by atoms with E-state index in [4.69, 9.17) is 0 Å². The van der Waals surface area contributed by atoms with Gasteiger partial charge in [-0.25, -0.2) is 17.6 Å². The first-order valence-corrected chi connectivity index (χ1v) is 7.63. The van der Waals surface area contributed by atoms with Crippen molar-refractivity contribution in [1.29, 1.82) is 0 Å². The van der Waals surface area contributed by atoms with Crippen LogP contribution in [-0.4, -0.2) is 0 Å². The third kappa shape index (κ3) is 4.44. The maximum atomic E-state index is 14.2. The van der Waals surface area contributed by atoms with Crippen LogP contribution in [0.3, 0.4) is 0 Å². The second-order valence-corrected chi connectivity index (χ2v) is 5.41. The minimum absolute atomic E-state index is 0.0754. The number of aryl methyl sites for hydroxylation is 1. The number of hydrogen-bond acceptors (Lipinski definition) is 0. The first-order chi connectivity index (χ1) is 11.0. The van der Waals surface area contributed by atoms with Gasteiger partial charge in [0.05, 0.1) is 0 Å². The first kappa shape index (κ1) is 17.3. The molecule has 0 heterocycles. The number of halogens is 4. The van der Waals surface area contributed by atoms with Crippen LogP contribution in [0, 0.1) is 11.6 Å². The second-order valence-electron chi connectivity index (χ2n) is 5.41. The Bertz CT molecular complexity index is 687. The molecule has 0 radical (unpaired) electrons. The van der Waals surface area contributed by atoms with Crippen LogP contribution in [0.15, 0.2) is 42.5 Å². The van der Waals surface area contributed by atoms with E-state index < -0.39 is 23.3 Å². The predicted molar refractivity (Wildman–Crippen MR) is 85.1 cm³/mol. The lowest BCUT2D eigenvalue weighted by molar-refractivity contribution is 0.507. The zero-order chi connectivity index (χ0) is 16.8. The molecule has 0 bridgehead atoms. The summed E-state index contributed by atoms with van der Waals surface area (Å²) in [5.41, 5.74) is 0.808. The molecule has 0 atom stereocenters. The highest BCUT2D eigenvalue weighted by molar-refractivity contribution is 5.83. The van der Waals surface area contributed by atoms with Crippen LogP contribution in [0.2, 0.25) is 0 Å². The summed E-state index contributed by atoms with van der Waals surface area (Å²) in [5, 5.41) is 0. The Morgan fingerprint density at radius 1 is 0.783 bits per heavy atom. The molecule has 23 heavy (non-hydrogen) atoms. The van der Waals surface area contributed by atoms with Crippen LogP contribution in [0.1, 0.15) is 42.9 Å². The largest absolute Gasteiger partial charge is 0.204 e. The van der Waals surface area contributed by atoms with Crippen molar-refractivity contribution in [3.05, 3.63) is 70.8 Å². The van der Waals surface area contributed by atoms with Crippen LogP contribution >= 0.6 is 0 Å². The van der Waals surface area contributed by atoms with E-state index in [1.54, 1.807) is 12.1 Å². The SMILES string of the molecule is CCCCCc1ccc(C(F)=C(F)c2ccc(F)c(F)c2)cc1. The molecule has 0 aliphatic rings. The van der Waals surface area contributed by atoms with E-state index in [1.165, 1.54) is 12.1 Å². The van der Waals surface area contributed by atoms with Gasteiger partial charge in [-0.15, -0.1) is 0 Å². The predicted octanol–water partition coefficient (Wildman–Crippen LogP) is 6.46. The number of rotatable bonds is 6. The van der Waals surface area contributed by atoms with Crippen molar-refractivity contribution in [1.82, 2.24) is 0 Å². The maximum absolute atomic E-state index is 14.2. The van der Waals surface area contributed by atoms with Gasteiger partial charge in [0.25, 0.3) is 0 Å². The summed E-state index contributed by atoms with van der Waals surface area (Å²) in [6.45, 7) is 2.12. The lowest BCUT2D eigenvalue weighted by Gasteiger charge is -2.05. The summed E-state index contributed by atoms with van der Waals surface area (Å²) < 4.78 is 54.2. The van der Waals surface area contributed by atoms with Gasteiger partial charge in [0.2, 0.25) is 0 Å². The molecular formula is C19H18F4. The van der Waals surface area contributed by atoms with Crippen LogP contribution < -0.4 is 0 Å². The molecule has 0 unspecified atom stereocenters. The Kier molecular flexibility index (Phi) is 5.97. The summed E-state index contributed by atoms with van der Waals surface area (Å²) in [5.74, 6) is -4.60. The van der Waals surface area contributed by atoms with Crippen molar-refractivity contribution in [2.24, 2.45) is 0 Å². The molecule has 0 N–H and O–H groups in total. The Hall–Kier alpha value is -2.10. The minimum Gasteiger partial charge on any atom is -0.204 e. The molecule has 0 nitrogen and oxygen atoms in total.